The minimum Gasteiger partial charge on any atom is -0.480 e. The molecule has 9 atom stereocenters. The van der Waals surface area contributed by atoms with Crippen LogP contribution in [-0.2, 0) is 9.53 Å². The zero-order valence-corrected chi connectivity index (χ0v) is 23.1. The topological polar surface area (TPSA) is 95.9 Å². The minimum atomic E-state index is -1.10. The maximum Gasteiger partial charge on any atom is 0.407 e. The monoisotopic (exact) mass is 503 g/mol. The van der Waals surface area contributed by atoms with Gasteiger partial charge >= 0.3 is 12.1 Å². The highest BCUT2D eigenvalue weighted by atomic mass is 16.6. The van der Waals surface area contributed by atoms with Gasteiger partial charge in [-0.2, -0.15) is 0 Å². The highest BCUT2D eigenvalue weighted by Gasteiger charge is 2.61. The first-order valence-corrected chi connectivity index (χ1v) is 14.5. The number of carbonyl (C=O) groups excluding carboxylic acids is 1. The van der Waals surface area contributed by atoms with Gasteiger partial charge in [-0.15, -0.1) is 0 Å². The fourth-order valence-electron chi connectivity index (χ4n) is 9.19. The van der Waals surface area contributed by atoms with Gasteiger partial charge in [0.1, 0.15) is 12.6 Å². The van der Waals surface area contributed by atoms with Crippen LogP contribution >= 0.6 is 0 Å². The number of rotatable bonds is 8. The van der Waals surface area contributed by atoms with Crippen LogP contribution in [0.5, 0.6) is 0 Å². The average molecular weight is 504 g/mol. The Morgan fingerprint density at radius 1 is 1.14 bits per heavy atom. The molecule has 0 aromatic heterocycles. The molecule has 0 aromatic rings. The van der Waals surface area contributed by atoms with E-state index in [-0.39, 0.29) is 5.41 Å². The third kappa shape index (κ3) is 5.08. The van der Waals surface area contributed by atoms with Crippen LogP contribution < -0.4 is 5.32 Å². The standard InChI is InChI=1S/C30H49NO5/c1-18(2)7-6-8-19(3)23-11-12-24-22-10-9-20-15-21(32)16-26(36-28(35)31-17-27(33)34)30(20,5)25(22)13-14-29(23,24)4/h9,18-19,21-26,32H,6-8,10-17H2,1-5H3,(H,31,35)(H,33,34)/t19-,21+,22+,23-,24+,25+,26?,29-,30+/m1/s1. The van der Waals surface area contributed by atoms with E-state index in [1.54, 1.807) is 0 Å². The lowest BCUT2D eigenvalue weighted by molar-refractivity contribution is -0.136. The number of aliphatic carboxylic acids is 1. The van der Waals surface area contributed by atoms with Crippen molar-refractivity contribution in [2.24, 2.45) is 46.3 Å². The molecule has 0 aromatic carbocycles. The van der Waals surface area contributed by atoms with E-state index in [4.69, 9.17) is 9.84 Å². The van der Waals surface area contributed by atoms with E-state index in [9.17, 15) is 14.7 Å². The van der Waals surface area contributed by atoms with E-state index in [1.165, 1.54) is 44.1 Å². The molecular formula is C30H49NO5. The molecule has 0 saturated heterocycles. The van der Waals surface area contributed by atoms with Gasteiger partial charge in [-0.25, -0.2) is 4.79 Å². The first-order valence-electron chi connectivity index (χ1n) is 14.5. The number of carboxylic acids is 1. The number of carbonyl (C=O) groups is 2. The molecule has 4 aliphatic carbocycles. The van der Waals surface area contributed by atoms with Crippen molar-refractivity contribution in [3.63, 3.8) is 0 Å². The van der Waals surface area contributed by atoms with Crippen molar-refractivity contribution in [1.29, 1.82) is 0 Å². The number of aliphatic hydroxyl groups is 1. The first-order chi connectivity index (χ1) is 17.0. The van der Waals surface area contributed by atoms with E-state index in [2.05, 4.69) is 46.0 Å². The lowest BCUT2D eigenvalue weighted by Crippen LogP contribution is -2.57. The van der Waals surface area contributed by atoms with Gasteiger partial charge in [0.15, 0.2) is 0 Å². The summed E-state index contributed by atoms with van der Waals surface area (Å²) in [4.78, 5) is 23.4. The van der Waals surface area contributed by atoms with Gasteiger partial charge in [-0.05, 0) is 79.4 Å². The Morgan fingerprint density at radius 2 is 1.89 bits per heavy atom. The first kappa shape index (κ1) is 27.5. The second-order valence-corrected chi connectivity index (χ2v) is 13.4. The predicted molar refractivity (Wildman–Crippen MR) is 140 cm³/mol. The fourth-order valence-corrected chi connectivity index (χ4v) is 9.19. The SMILES string of the molecule is CC(C)CCC[C@@H](C)[C@H]1CC[C@H]2[C@@H]3CC=C4C[C@H](O)CC(OC(=O)NCC(=O)O)[C@]4(C)[C@H]3CC[C@]12C. The molecule has 4 aliphatic rings. The number of amides is 1. The van der Waals surface area contributed by atoms with Gasteiger partial charge in [0, 0.05) is 11.8 Å². The van der Waals surface area contributed by atoms with Crippen LogP contribution in [0.1, 0.15) is 98.8 Å². The van der Waals surface area contributed by atoms with Crippen LogP contribution in [0.3, 0.4) is 0 Å². The third-order valence-corrected chi connectivity index (χ3v) is 11.0. The Bertz CT molecular complexity index is 854. The number of ether oxygens (including phenoxy) is 1. The number of nitrogens with one attached hydrogen (secondary N) is 1. The Kier molecular flexibility index (Phi) is 8.14. The number of fused-ring (bicyclic) bond motifs is 5. The van der Waals surface area contributed by atoms with Crippen LogP contribution in [0.2, 0.25) is 0 Å². The summed E-state index contributed by atoms with van der Waals surface area (Å²) in [6.45, 7) is 11.5. The van der Waals surface area contributed by atoms with Gasteiger partial charge in [0.05, 0.1) is 6.10 Å². The van der Waals surface area contributed by atoms with Crippen molar-refractivity contribution in [1.82, 2.24) is 5.32 Å². The Labute approximate surface area is 217 Å². The van der Waals surface area contributed by atoms with Crippen molar-refractivity contribution in [3.05, 3.63) is 11.6 Å². The largest absolute Gasteiger partial charge is 0.480 e. The molecule has 0 bridgehead atoms. The molecule has 204 valence electrons. The summed E-state index contributed by atoms with van der Waals surface area (Å²) in [7, 11) is 0. The van der Waals surface area contributed by atoms with Crippen molar-refractivity contribution >= 4 is 12.1 Å². The normalized spacial score (nSPS) is 40.5. The molecule has 4 rings (SSSR count). The van der Waals surface area contributed by atoms with Gasteiger partial charge in [0.25, 0.3) is 0 Å². The molecule has 1 amide bonds. The van der Waals surface area contributed by atoms with E-state index in [0.29, 0.717) is 36.0 Å². The third-order valence-electron chi connectivity index (χ3n) is 11.0. The Hall–Kier alpha value is -1.56. The zero-order chi connectivity index (χ0) is 26.3. The molecule has 6 nitrogen and oxygen atoms in total. The number of allylic oxidation sites excluding steroid dienone is 1. The number of aliphatic hydroxyl groups excluding tert-OH is 1. The van der Waals surface area contributed by atoms with E-state index in [0.717, 1.165) is 30.6 Å². The van der Waals surface area contributed by atoms with Crippen LogP contribution in [0.25, 0.3) is 0 Å². The van der Waals surface area contributed by atoms with Crippen LogP contribution in [0.4, 0.5) is 4.79 Å². The number of alkyl carbamates (subject to hydrolysis) is 1. The molecular weight excluding hydrogens is 454 g/mol. The van der Waals surface area contributed by atoms with Gasteiger partial charge in [-0.3, -0.25) is 4.79 Å². The zero-order valence-electron chi connectivity index (χ0n) is 23.1. The Balaban J connectivity index is 1.52. The smallest absolute Gasteiger partial charge is 0.407 e. The molecule has 3 saturated carbocycles. The van der Waals surface area contributed by atoms with Gasteiger partial charge < -0.3 is 20.3 Å². The van der Waals surface area contributed by atoms with E-state index in [1.807, 2.05) is 0 Å². The van der Waals surface area contributed by atoms with Crippen molar-refractivity contribution < 1.29 is 24.5 Å². The van der Waals surface area contributed by atoms with Crippen LogP contribution in [0.15, 0.2) is 11.6 Å². The maximum absolute atomic E-state index is 12.5. The van der Waals surface area contributed by atoms with Gasteiger partial charge in [0.2, 0.25) is 0 Å². The molecule has 1 unspecified atom stereocenters. The summed E-state index contributed by atoms with van der Waals surface area (Å²) in [6, 6.07) is 0. The summed E-state index contributed by atoms with van der Waals surface area (Å²) >= 11 is 0. The van der Waals surface area contributed by atoms with Crippen LogP contribution in [-0.4, -0.2) is 41.0 Å². The minimum absolute atomic E-state index is 0.301. The lowest BCUT2D eigenvalue weighted by Gasteiger charge is -2.60. The highest BCUT2D eigenvalue weighted by Crippen LogP contribution is 2.67. The van der Waals surface area contributed by atoms with E-state index >= 15 is 0 Å². The highest BCUT2D eigenvalue weighted by molar-refractivity contribution is 5.76. The quantitative estimate of drug-likeness (QED) is 0.344. The lowest BCUT2D eigenvalue weighted by atomic mass is 9.46. The molecule has 3 fully saturated rings. The summed E-state index contributed by atoms with van der Waals surface area (Å²) in [5.41, 5.74) is 1.31. The average Bonchev–Trinajstić information content (AvgIpc) is 3.15. The molecule has 0 heterocycles. The van der Waals surface area contributed by atoms with Crippen molar-refractivity contribution in [2.75, 3.05) is 6.54 Å². The second kappa shape index (κ2) is 10.7. The molecule has 0 spiro atoms. The second-order valence-electron chi connectivity index (χ2n) is 13.4. The maximum atomic E-state index is 12.5. The number of hydrogen-bond donors (Lipinski definition) is 3. The molecule has 6 heteroatoms. The molecule has 36 heavy (non-hydrogen) atoms. The fraction of sp³-hybridized carbons (Fsp3) is 0.867. The summed E-state index contributed by atoms with van der Waals surface area (Å²) in [5, 5.41) is 21.9. The summed E-state index contributed by atoms with van der Waals surface area (Å²) in [6.07, 6.45) is 11.8. The van der Waals surface area contributed by atoms with Crippen molar-refractivity contribution in [2.45, 2.75) is 111 Å². The summed E-state index contributed by atoms with van der Waals surface area (Å²) < 4.78 is 5.88. The molecule has 0 radical (unpaired) electrons. The summed E-state index contributed by atoms with van der Waals surface area (Å²) in [5.74, 6) is 2.93. The number of hydrogen-bond acceptors (Lipinski definition) is 4. The molecule has 3 N–H and O–H groups in total. The molecule has 0 aliphatic heterocycles. The van der Waals surface area contributed by atoms with E-state index < -0.39 is 30.8 Å². The Morgan fingerprint density at radius 3 is 2.58 bits per heavy atom. The number of carboxylic acid groups (broad SMARTS) is 1. The van der Waals surface area contributed by atoms with Crippen molar-refractivity contribution in [3.8, 4) is 0 Å². The van der Waals surface area contributed by atoms with Crippen LogP contribution in [0, 0.1) is 46.3 Å². The predicted octanol–water partition coefficient (Wildman–Crippen LogP) is 6.18. The van der Waals surface area contributed by atoms with Gasteiger partial charge in [-0.1, -0.05) is 65.5 Å².